The van der Waals surface area contributed by atoms with Crippen LogP contribution in [0.2, 0.25) is 0 Å². The van der Waals surface area contributed by atoms with Gasteiger partial charge in [-0.1, -0.05) is 6.92 Å². The largest absolute Gasteiger partial charge is 0.463 e. The number of rotatable bonds is 4. The Bertz CT molecular complexity index is 99.2. The van der Waals surface area contributed by atoms with Crippen LogP contribution in [0.3, 0.4) is 0 Å². The number of hydrogen-bond acceptors (Lipinski definition) is 2. The molecule has 0 fully saturated rings. The third-order valence-electron chi connectivity index (χ3n) is 0.925. The highest BCUT2D eigenvalue weighted by Crippen LogP contribution is 1.92. The van der Waals surface area contributed by atoms with Crippen LogP contribution in [0.1, 0.15) is 20.3 Å². The molecule has 60 valence electrons. The Balaban J connectivity index is 3.61. The fourth-order valence-corrected chi connectivity index (χ4v) is 0.574. The summed E-state index contributed by atoms with van der Waals surface area (Å²) in [4.78, 5) is 15.1. The van der Waals surface area contributed by atoms with Crippen molar-refractivity contribution in [3.8, 4) is 0 Å². The van der Waals surface area contributed by atoms with E-state index in [1.807, 2.05) is 6.92 Å². The molecule has 4 heteroatoms. The zero-order valence-corrected chi connectivity index (χ0v) is 6.33. The molecule has 0 aromatic carbocycles. The van der Waals surface area contributed by atoms with Gasteiger partial charge in [-0.05, 0) is 13.3 Å². The topological polar surface area (TPSA) is 49.8 Å². The van der Waals surface area contributed by atoms with Gasteiger partial charge in [0.2, 0.25) is 0 Å². The Morgan fingerprint density at radius 3 is 2.50 bits per heavy atom. The second kappa shape index (κ2) is 5.05. The van der Waals surface area contributed by atoms with Crippen LogP contribution in [-0.4, -0.2) is 29.4 Å². The molecule has 0 aliphatic rings. The summed E-state index contributed by atoms with van der Waals surface area (Å²) in [5.74, 6) is 0. The summed E-state index contributed by atoms with van der Waals surface area (Å²) in [5, 5.41) is 9.38. The predicted molar refractivity (Wildman–Crippen MR) is 36.6 cm³/mol. The van der Waals surface area contributed by atoms with Crippen molar-refractivity contribution in [2.24, 2.45) is 0 Å². The maximum absolute atomic E-state index is 10.3. The van der Waals surface area contributed by atoms with Gasteiger partial charge >= 0.3 is 6.09 Å². The molecular weight excluding hydrogens is 134 g/mol. The van der Waals surface area contributed by atoms with Gasteiger partial charge in [-0.25, -0.2) is 4.79 Å². The number of amides is 1. The maximum Gasteiger partial charge on any atom is 0.431 e. The Labute approximate surface area is 60.3 Å². The van der Waals surface area contributed by atoms with Crippen LogP contribution in [0.5, 0.6) is 0 Å². The highest BCUT2D eigenvalue weighted by atomic mass is 16.7. The molecule has 0 radical (unpaired) electrons. The van der Waals surface area contributed by atoms with E-state index in [1.165, 1.54) is 0 Å². The quantitative estimate of drug-likeness (QED) is 0.610. The number of nitrogens with zero attached hydrogens (tertiary/aromatic N) is 1. The Morgan fingerprint density at radius 2 is 2.20 bits per heavy atom. The number of carbonyl (C=O) groups is 1. The van der Waals surface area contributed by atoms with E-state index in [0.29, 0.717) is 13.2 Å². The van der Waals surface area contributed by atoms with E-state index in [1.54, 1.807) is 6.92 Å². The van der Waals surface area contributed by atoms with Gasteiger partial charge in [0, 0.05) is 0 Å². The van der Waals surface area contributed by atoms with Crippen molar-refractivity contribution in [1.82, 2.24) is 5.06 Å². The van der Waals surface area contributed by atoms with Crippen molar-refractivity contribution in [3.05, 3.63) is 0 Å². The highest BCUT2D eigenvalue weighted by Gasteiger charge is 2.08. The summed E-state index contributed by atoms with van der Waals surface area (Å²) in [6.07, 6.45) is -0.254. The SMILES string of the molecule is CCCN(OCC)C(=O)O. The van der Waals surface area contributed by atoms with E-state index < -0.39 is 6.09 Å². The molecule has 0 aromatic heterocycles. The molecule has 0 heterocycles. The monoisotopic (exact) mass is 147 g/mol. The lowest BCUT2D eigenvalue weighted by atomic mass is 10.5. The number of hydrogen-bond donors (Lipinski definition) is 1. The molecule has 0 aromatic rings. The molecule has 0 aliphatic heterocycles. The molecule has 10 heavy (non-hydrogen) atoms. The Morgan fingerprint density at radius 1 is 1.60 bits per heavy atom. The zero-order valence-electron chi connectivity index (χ0n) is 6.33. The minimum Gasteiger partial charge on any atom is -0.463 e. The van der Waals surface area contributed by atoms with Gasteiger partial charge in [0.05, 0.1) is 13.2 Å². The minimum absolute atomic E-state index is 0.395. The van der Waals surface area contributed by atoms with Crippen LogP contribution in [0, 0.1) is 0 Å². The maximum atomic E-state index is 10.3. The third-order valence-corrected chi connectivity index (χ3v) is 0.925. The van der Waals surface area contributed by atoms with Crippen molar-refractivity contribution in [3.63, 3.8) is 0 Å². The number of carboxylic acid groups (broad SMARTS) is 1. The van der Waals surface area contributed by atoms with Crippen molar-refractivity contribution in [2.45, 2.75) is 20.3 Å². The van der Waals surface area contributed by atoms with Gasteiger partial charge in [-0.3, -0.25) is 4.84 Å². The average molecular weight is 147 g/mol. The van der Waals surface area contributed by atoms with Crippen molar-refractivity contribution < 1.29 is 14.7 Å². The molecule has 0 rings (SSSR count). The van der Waals surface area contributed by atoms with Crippen LogP contribution < -0.4 is 0 Å². The first-order chi connectivity index (χ1) is 4.72. The molecule has 0 spiro atoms. The molecule has 1 N–H and O–H groups in total. The van der Waals surface area contributed by atoms with E-state index in [2.05, 4.69) is 0 Å². The lowest BCUT2D eigenvalue weighted by molar-refractivity contribution is -0.125. The first-order valence-corrected chi connectivity index (χ1v) is 3.35. The lowest BCUT2D eigenvalue weighted by Crippen LogP contribution is -2.30. The van der Waals surface area contributed by atoms with Gasteiger partial charge in [0.15, 0.2) is 0 Å². The first kappa shape index (κ1) is 9.23. The first-order valence-electron chi connectivity index (χ1n) is 3.35. The normalized spacial score (nSPS) is 9.40. The van der Waals surface area contributed by atoms with Crippen molar-refractivity contribution in [1.29, 1.82) is 0 Å². The standard InChI is InChI=1S/C6H13NO3/c1-3-5-7(6(8)9)10-4-2/h3-5H2,1-2H3,(H,8,9). The summed E-state index contributed by atoms with van der Waals surface area (Å²) in [5.41, 5.74) is 0. The molecule has 0 saturated carbocycles. The molecular formula is C6H13NO3. The van der Waals surface area contributed by atoms with Crippen LogP contribution in [0.4, 0.5) is 4.79 Å². The molecule has 4 nitrogen and oxygen atoms in total. The van der Waals surface area contributed by atoms with Gasteiger partial charge in [0.25, 0.3) is 0 Å². The van der Waals surface area contributed by atoms with Crippen molar-refractivity contribution in [2.75, 3.05) is 13.2 Å². The van der Waals surface area contributed by atoms with Gasteiger partial charge in [-0.2, -0.15) is 5.06 Å². The predicted octanol–water partition coefficient (Wildman–Crippen LogP) is 1.33. The van der Waals surface area contributed by atoms with Gasteiger partial charge in [0.1, 0.15) is 0 Å². The van der Waals surface area contributed by atoms with E-state index in [-0.39, 0.29) is 0 Å². The fraction of sp³-hybridized carbons (Fsp3) is 0.833. The van der Waals surface area contributed by atoms with Crippen LogP contribution >= 0.6 is 0 Å². The molecule has 0 saturated heterocycles. The second-order valence-corrected chi connectivity index (χ2v) is 1.80. The minimum atomic E-state index is -1.02. The van der Waals surface area contributed by atoms with Crippen LogP contribution in [0.25, 0.3) is 0 Å². The molecule has 0 atom stereocenters. The fourth-order valence-electron chi connectivity index (χ4n) is 0.574. The Kier molecular flexibility index (Phi) is 4.66. The zero-order chi connectivity index (χ0) is 7.98. The van der Waals surface area contributed by atoms with E-state index in [0.717, 1.165) is 11.5 Å². The smallest absolute Gasteiger partial charge is 0.431 e. The molecule has 1 amide bonds. The summed E-state index contributed by atoms with van der Waals surface area (Å²) in [7, 11) is 0. The summed E-state index contributed by atoms with van der Waals surface area (Å²) in [6, 6.07) is 0. The Hall–Kier alpha value is -0.770. The second-order valence-electron chi connectivity index (χ2n) is 1.80. The summed E-state index contributed by atoms with van der Waals surface area (Å²) in [6.45, 7) is 4.48. The van der Waals surface area contributed by atoms with Gasteiger partial charge < -0.3 is 5.11 Å². The van der Waals surface area contributed by atoms with Crippen molar-refractivity contribution >= 4 is 6.09 Å². The third kappa shape index (κ3) is 3.29. The van der Waals surface area contributed by atoms with E-state index >= 15 is 0 Å². The summed E-state index contributed by atoms with van der Waals surface area (Å²) < 4.78 is 0. The average Bonchev–Trinajstić information content (AvgIpc) is 1.87. The highest BCUT2D eigenvalue weighted by molar-refractivity contribution is 5.63. The van der Waals surface area contributed by atoms with Crippen LogP contribution in [-0.2, 0) is 4.84 Å². The molecule has 0 unspecified atom stereocenters. The van der Waals surface area contributed by atoms with E-state index in [9.17, 15) is 4.79 Å². The number of hydroxylamine groups is 2. The van der Waals surface area contributed by atoms with Crippen LogP contribution in [0.15, 0.2) is 0 Å². The molecule has 0 bridgehead atoms. The van der Waals surface area contributed by atoms with Gasteiger partial charge in [-0.15, -0.1) is 0 Å². The summed E-state index contributed by atoms with van der Waals surface area (Å²) >= 11 is 0. The van der Waals surface area contributed by atoms with E-state index in [4.69, 9.17) is 9.94 Å². The lowest BCUT2D eigenvalue weighted by Gasteiger charge is -2.15. The molecule has 0 aliphatic carbocycles.